The molecule has 1 atom stereocenters. The van der Waals surface area contributed by atoms with E-state index < -0.39 is 5.92 Å². The molecule has 2 aromatic carbocycles. The zero-order valence-corrected chi connectivity index (χ0v) is 19.8. The summed E-state index contributed by atoms with van der Waals surface area (Å²) in [6.45, 7) is 4.20. The number of anilines is 2. The smallest absolute Gasteiger partial charge is 0.162 e. The van der Waals surface area contributed by atoms with Gasteiger partial charge >= 0.3 is 0 Å². The highest BCUT2D eigenvalue weighted by molar-refractivity contribution is 6.01. The van der Waals surface area contributed by atoms with Crippen molar-refractivity contribution in [3.63, 3.8) is 0 Å². The Kier molecular flexibility index (Phi) is 5.67. The van der Waals surface area contributed by atoms with Crippen molar-refractivity contribution in [2.75, 3.05) is 31.0 Å². The Bertz CT molecular complexity index is 1180. The van der Waals surface area contributed by atoms with Crippen molar-refractivity contribution < 1.29 is 9.53 Å². The maximum Gasteiger partial charge on any atom is 0.162 e. The molecule has 0 amide bonds. The second-order valence-corrected chi connectivity index (χ2v) is 9.66. The molecule has 1 aliphatic carbocycles. The van der Waals surface area contributed by atoms with E-state index >= 15 is 0 Å². The molecule has 2 aromatic rings. The van der Waals surface area contributed by atoms with Crippen molar-refractivity contribution in [3.05, 3.63) is 76.8 Å². The molecule has 6 heteroatoms. The number of nitrogens with zero attached hydrogens (tertiary/aromatic N) is 3. The zero-order chi connectivity index (χ0) is 23.9. The van der Waals surface area contributed by atoms with Crippen LogP contribution in [0.1, 0.15) is 38.2 Å². The second-order valence-electron chi connectivity index (χ2n) is 9.66. The van der Waals surface area contributed by atoms with Crippen LogP contribution in [0.15, 0.2) is 71.2 Å². The minimum Gasteiger partial charge on any atom is -0.497 e. The molecule has 170 valence electrons. The van der Waals surface area contributed by atoms with Gasteiger partial charge in [-0.25, -0.2) is 0 Å². The summed E-state index contributed by atoms with van der Waals surface area (Å²) in [5, 5.41) is 10.2. The largest absolute Gasteiger partial charge is 0.497 e. The maximum atomic E-state index is 13.6. The first-order chi connectivity index (χ1) is 15.7. The van der Waals surface area contributed by atoms with Crippen molar-refractivity contribution in [3.8, 4) is 11.8 Å². The lowest BCUT2D eigenvalue weighted by atomic mass is 9.68. The van der Waals surface area contributed by atoms with Gasteiger partial charge in [-0.3, -0.25) is 9.69 Å². The van der Waals surface area contributed by atoms with Gasteiger partial charge in [0.25, 0.3) is 0 Å². The molecule has 0 spiro atoms. The predicted octanol–water partition coefficient (Wildman–Crippen LogP) is 4.70. The molecule has 2 N–H and O–H groups in total. The van der Waals surface area contributed by atoms with Gasteiger partial charge in [0.1, 0.15) is 11.6 Å². The van der Waals surface area contributed by atoms with E-state index in [0.29, 0.717) is 29.8 Å². The fraction of sp³-hybridized carbons (Fsp3) is 0.333. The third kappa shape index (κ3) is 3.95. The molecule has 4 rings (SSSR count). The molecule has 0 fully saturated rings. The van der Waals surface area contributed by atoms with E-state index in [4.69, 9.17) is 10.5 Å². The molecular weight excluding hydrogens is 412 g/mol. The van der Waals surface area contributed by atoms with Crippen LogP contribution in [0.2, 0.25) is 0 Å². The number of nitrogens with two attached hydrogens (primary N) is 1. The first-order valence-electron chi connectivity index (χ1n) is 11.0. The Morgan fingerprint density at radius 3 is 2.27 bits per heavy atom. The summed E-state index contributed by atoms with van der Waals surface area (Å²) in [4.78, 5) is 17.5. The molecular formula is C27H30N4O2. The Hall–Kier alpha value is -3.72. The number of methoxy groups -OCH3 is 1. The number of Topliss-reactive ketones (excluding diaryl/α,β-unsaturated/α-hetero) is 1. The van der Waals surface area contributed by atoms with Crippen LogP contribution >= 0.6 is 0 Å². The fourth-order valence-corrected chi connectivity index (χ4v) is 4.83. The van der Waals surface area contributed by atoms with Crippen LogP contribution in [0, 0.1) is 16.7 Å². The van der Waals surface area contributed by atoms with E-state index in [1.165, 1.54) is 0 Å². The molecule has 0 bridgehead atoms. The number of rotatable bonds is 4. The Balaban J connectivity index is 1.93. The summed E-state index contributed by atoms with van der Waals surface area (Å²) in [6.07, 6.45) is 1.12. The van der Waals surface area contributed by atoms with Gasteiger partial charge in [-0.1, -0.05) is 26.0 Å². The number of carbonyl (C=O) groups excluding carboxylic acids is 1. The zero-order valence-electron chi connectivity index (χ0n) is 19.8. The highest BCUT2D eigenvalue weighted by atomic mass is 16.5. The molecule has 1 heterocycles. The third-order valence-electron chi connectivity index (χ3n) is 6.45. The van der Waals surface area contributed by atoms with Crippen LogP contribution in [-0.2, 0) is 4.79 Å². The lowest BCUT2D eigenvalue weighted by Gasteiger charge is -2.43. The number of hydrogen-bond donors (Lipinski definition) is 1. The number of carbonyl (C=O) groups is 1. The first kappa shape index (κ1) is 22.5. The quantitative estimate of drug-likeness (QED) is 0.739. The lowest BCUT2D eigenvalue weighted by molar-refractivity contribution is -0.118. The van der Waals surface area contributed by atoms with E-state index in [9.17, 15) is 10.1 Å². The summed E-state index contributed by atoms with van der Waals surface area (Å²) >= 11 is 0. The first-order valence-corrected chi connectivity index (χ1v) is 11.0. The van der Waals surface area contributed by atoms with Gasteiger partial charge in [-0.2, -0.15) is 5.26 Å². The van der Waals surface area contributed by atoms with E-state index in [0.717, 1.165) is 28.4 Å². The third-order valence-corrected chi connectivity index (χ3v) is 6.45. The Morgan fingerprint density at radius 1 is 1.09 bits per heavy atom. The van der Waals surface area contributed by atoms with Crippen LogP contribution in [0.5, 0.6) is 5.75 Å². The summed E-state index contributed by atoms with van der Waals surface area (Å²) in [6, 6.07) is 17.9. The van der Waals surface area contributed by atoms with Gasteiger partial charge in [0, 0.05) is 43.2 Å². The molecule has 1 aliphatic heterocycles. The van der Waals surface area contributed by atoms with Gasteiger partial charge in [-0.05, 0) is 53.8 Å². The van der Waals surface area contributed by atoms with Gasteiger partial charge in [-0.15, -0.1) is 0 Å². The molecule has 0 unspecified atom stereocenters. The maximum absolute atomic E-state index is 13.6. The molecule has 0 aromatic heterocycles. The molecule has 2 aliphatic rings. The summed E-state index contributed by atoms with van der Waals surface area (Å²) in [5.41, 5.74) is 11.2. The van der Waals surface area contributed by atoms with Crippen molar-refractivity contribution >= 4 is 17.2 Å². The Labute approximate surface area is 195 Å². The minimum absolute atomic E-state index is 0.0710. The topological polar surface area (TPSA) is 82.6 Å². The molecule has 6 nitrogen and oxygen atoms in total. The standard InChI is InChI=1S/C27H30N4O2/c1-27(2)14-22-25(23(32)15-27)24(17-6-8-18(9-7-17)30(3)4)21(16-28)26(29)31(22)19-10-12-20(33-5)13-11-19/h6-13,24H,14-15,29H2,1-5H3/t24-/m0/s1. The predicted molar refractivity (Wildman–Crippen MR) is 131 cm³/mol. The monoisotopic (exact) mass is 442 g/mol. The number of benzene rings is 2. The van der Waals surface area contributed by atoms with Crippen LogP contribution in [0.4, 0.5) is 11.4 Å². The van der Waals surface area contributed by atoms with E-state index in [1.807, 2.05) is 72.4 Å². The van der Waals surface area contributed by atoms with Gasteiger partial charge < -0.3 is 15.4 Å². The average Bonchev–Trinajstić information content (AvgIpc) is 2.78. The Morgan fingerprint density at radius 2 is 1.73 bits per heavy atom. The number of ether oxygens (including phenoxy) is 1. The number of ketones is 1. The van der Waals surface area contributed by atoms with Crippen molar-refractivity contribution in [1.82, 2.24) is 0 Å². The van der Waals surface area contributed by atoms with Gasteiger partial charge in [0.2, 0.25) is 0 Å². The van der Waals surface area contributed by atoms with Gasteiger partial charge in [0.05, 0.1) is 24.7 Å². The number of hydrogen-bond acceptors (Lipinski definition) is 6. The summed E-state index contributed by atoms with van der Waals surface area (Å²) in [5.74, 6) is 0.696. The van der Waals surface area contributed by atoms with Crippen molar-refractivity contribution in [2.45, 2.75) is 32.6 Å². The summed E-state index contributed by atoms with van der Waals surface area (Å²) in [7, 11) is 5.58. The SMILES string of the molecule is COc1ccc(N2C(N)=C(C#N)[C@H](c3ccc(N(C)C)cc3)C3=C2CC(C)(C)CC3=O)cc1. The number of nitriles is 1. The highest BCUT2D eigenvalue weighted by Crippen LogP contribution is 2.50. The van der Waals surface area contributed by atoms with Crippen LogP contribution < -0.4 is 20.3 Å². The average molecular weight is 443 g/mol. The van der Waals surface area contributed by atoms with Crippen LogP contribution in [-0.4, -0.2) is 27.0 Å². The molecule has 33 heavy (non-hydrogen) atoms. The van der Waals surface area contributed by atoms with Gasteiger partial charge in [0.15, 0.2) is 5.78 Å². The molecule has 0 saturated carbocycles. The minimum atomic E-state index is -0.473. The van der Waals surface area contributed by atoms with Crippen molar-refractivity contribution in [1.29, 1.82) is 5.26 Å². The van der Waals surface area contributed by atoms with Crippen molar-refractivity contribution in [2.24, 2.45) is 11.1 Å². The normalized spacial score (nSPS) is 19.8. The molecule has 0 saturated heterocycles. The lowest BCUT2D eigenvalue weighted by Crippen LogP contribution is -2.42. The van der Waals surface area contributed by atoms with Crippen LogP contribution in [0.25, 0.3) is 0 Å². The van der Waals surface area contributed by atoms with E-state index in [2.05, 4.69) is 19.9 Å². The second kappa shape index (κ2) is 8.32. The van der Waals surface area contributed by atoms with E-state index in [-0.39, 0.29) is 11.2 Å². The summed E-state index contributed by atoms with van der Waals surface area (Å²) < 4.78 is 5.30. The number of allylic oxidation sites excluding steroid dienone is 3. The molecule has 0 radical (unpaired) electrons. The fourth-order valence-electron chi connectivity index (χ4n) is 4.83. The van der Waals surface area contributed by atoms with E-state index in [1.54, 1.807) is 7.11 Å². The highest BCUT2D eigenvalue weighted by Gasteiger charge is 2.44. The van der Waals surface area contributed by atoms with Crippen LogP contribution in [0.3, 0.4) is 0 Å².